The van der Waals surface area contributed by atoms with Crippen molar-refractivity contribution in [2.75, 3.05) is 67.7 Å². The number of halogens is 2. The summed E-state index contributed by atoms with van der Waals surface area (Å²) in [5.41, 5.74) is 7.10. The fraction of sp³-hybridized carbons (Fsp3) is 0.355. The zero-order valence-electron chi connectivity index (χ0n) is 23.1. The molecule has 1 N–H and O–H groups in total. The number of aryl methyl sites for hydroxylation is 1. The van der Waals surface area contributed by atoms with Gasteiger partial charge in [0.2, 0.25) is 0 Å². The van der Waals surface area contributed by atoms with Gasteiger partial charge in [0.15, 0.2) is 5.82 Å². The van der Waals surface area contributed by atoms with Gasteiger partial charge < -0.3 is 24.6 Å². The lowest BCUT2D eigenvalue weighted by molar-refractivity contribution is 0.122. The SMILES string of the molecule is Cc1cccc(-c2nc3cc(F)cc(F)c3c(Nc3cc(N4CCOCC4)cnc3N3CCOCC3)c2C)c1C. The van der Waals surface area contributed by atoms with E-state index in [-0.39, 0.29) is 10.9 Å². The Morgan fingerprint density at radius 2 is 1.55 bits per heavy atom. The monoisotopic (exact) mass is 545 g/mol. The second-order valence-corrected chi connectivity index (χ2v) is 10.4. The molecule has 0 aliphatic carbocycles. The molecule has 2 aromatic carbocycles. The normalized spacial score (nSPS) is 16.0. The van der Waals surface area contributed by atoms with Crippen LogP contribution in [0, 0.1) is 32.4 Å². The number of aromatic nitrogens is 2. The number of anilines is 4. The number of pyridine rings is 2. The first kappa shape index (κ1) is 26.4. The summed E-state index contributed by atoms with van der Waals surface area (Å²) in [5.74, 6) is -0.560. The van der Waals surface area contributed by atoms with Crippen LogP contribution in [0.4, 0.5) is 31.7 Å². The third kappa shape index (κ3) is 4.95. The molecule has 0 atom stereocenters. The average Bonchev–Trinajstić information content (AvgIpc) is 2.96. The van der Waals surface area contributed by atoms with Gasteiger partial charge in [0.1, 0.15) is 11.6 Å². The van der Waals surface area contributed by atoms with Crippen molar-refractivity contribution >= 4 is 33.8 Å². The zero-order valence-corrected chi connectivity index (χ0v) is 23.1. The topological polar surface area (TPSA) is 62.8 Å². The number of nitrogens with one attached hydrogen (secondary N) is 1. The maximum absolute atomic E-state index is 15.5. The van der Waals surface area contributed by atoms with Crippen molar-refractivity contribution < 1.29 is 18.3 Å². The minimum absolute atomic E-state index is 0.248. The van der Waals surface area contributed by atoms with E-state index < -0.39 is 11.6 Å². The summed E-state index contributed by atoms with van der Waals surface area (Å²) in [4.78, 5) is 14.1. The molecule has 0 amide bonds. The first-order valence-electron chi connectivity index (χ1n) is 13.7. The number of hydrogen-bond donors (Lipinski definition) is 1. The number of fused-ring (bicyclic) bond motifs is 1. The van der Waals surface area contributed by atoms with Crippen LogP contribution >= 0.6 is 0 Å². The Labute approximate surface area is 232 Å². The lowest BCUT2D eigenvalue weighted by Crippen LogP contribution is -2.38. The number of nitrogens with zero attached hydrogens (tertiary/aromatic N) is 4. The van der Waals surface area contributed by atoms with E-state index in [0.717, 1.165) is 58.6 Å². The highest BCUT2D eigenvalue weighted by Gasteiger charge is 2.23. The first-order chi connectivity index (χ1) is 19.4. The van der Waals surface area contributed by atoms with E-state index >= 15 is 4.39 Å². The Bertz CT molecular complexity index is 1570. The van der Waals surface area contributed by atoms with E-state index in [2.05, 4.69) is 21.2 Å². The van der Waals surface area contributed by atoms with Crippen LogP contribution in [-0.2, 0) is 9.47 Å². The number of morpholine rings is 2. The van der Waals surface area contributed by atoms with Crippen molar-refractivity contribution in [2.24, 2.45) is 0 Å². The summed E-state index contributed by atoms with van der Waals surface area (Å²) >= 11 is 0. The van der Waals surface area contributed by atoms with Gasteiger partial charge in [-0.3, -0.25) is 0 Å². The molecule has 6 rings (SSSR count). The minimum Gasteiger partial charge on any atom is -0.378 e. The lowest BCUT2D eigenvalue weighted by Gasteiger charge is -2.32. The standard InChI is InChI=1S/C31H33F2N5O2/c1-19-5-4-6-24(20(19)2)29-21(3)30(28-25(33)15-22(32)16-26(28)35-29)36-27-17-23(37-7-11-39-12-8-37)18-34-31(27)38-9-13-40-14-10-38/h4-6,15-18H,7-14H2,1-3H3,(H,35,36). The lowest BCUT2D eigenvalue weighted by atomic mass is 9.96. The molecule has 4 heterocycles. The van der Waals surface area contributed by atoms with Crippen LogP contribution in [0.5, 0.6) is 0 Å². The maximum atomic E-state index is 15.5. The summed E-state index contributed by atoms with van der Waals surface area (Å²) in [7, 11) is 0. The van der Waals surface area contributed by atoms with Gasteiger partial charge >= 0.3 is 0 Å². The summed E-state index contributed by atoms with van der Waals surface area (Å²) in [6.07, 6.45) is 1.89. The van der Waals surface area contributed by atoms with Crippen LogP contribution in [0.2, 0.25) is 0 Å². The summed E-state index contributed by atoms with van der Waals surface area (Å²) < 4.78 is 41.1. The van der Waals surface area contributed by atoms with Crippen molar-refractivity contribution in [3.8, 4) is 11.3 Å². The molecule has 40 heavy (non-hydrogen) atoms. The average molecular weight is 546 g/mol. The fourth-order valence-corrected chi connectivity index (χ4v) is 5.53. The van der Waals surface area contributed by atoms with Gasteiger partial charge in [-0.15, -0.1) is 0 Å². The molecule has 9 heteroatoms. The van der Waals surface area contributed by atoms with Crippen molar-refractivity contribution in [3.63, 3.8) is 0 Å². The highest BCUT2D eigenvalue weighted by molar-refractivity contribution is 5.99. The highest BCUT2D eigenvalue weighted by atomic mass is 19.1. The molecule has 208 valence electrons. The second kappa shape index (κ2) is 11.0. The smallest absolute Gasteiger partial charge is 0.152 e. The van der Waals surface area contributed by atoms with Crippen molar-refractivity contribution in [3.05, 3.63) is 70.9 Å². The number of ether oxygens (including phenoxy) is 2. The molecular formula is C31H33F2N5O2. The van der Waals surface area contributed by atoms with E-state index in [9.17, 15) is 4.39 Å². The summed E-state index contributed by atoms with van der Waals surface area (Å²) in [6, 6.07) is 10.3. The van der Waals surface area contributed by atoms with E-state index in [0.29, 0.717) is 50.9 Å². The molecule has 0 radical (unpaired) electrons. The molecule has 0 spiro atoms. The second-order valence-electron chi connectivity index (χ2n) is 10.4. The molecule has 2 aromatic heterocycles. The Balaban J connectivity index is 1.55. The third-order valence-electron chi connectivity index (χ3n) is 7.91. The fourth-order valence-electron chi connectivity index (χ4n) is 5.53. The molecule has 0 bridgehead atoms. The molecule has 2 aliphatic heterocycles. The van der Waals surface area contributed by atoms with Gasteiger partial charge in [-0.2, -0.15) is 0 Å². The number of benzene rings is 2. The van der Waals surface area contributed by atoms with Crippen molar-refractivity contribution in [2.45, 2.75) is 20.8 Å². The largest absolute Gasteiger partial charge is 0.378 e. The van der Waals surface area contributed by atoms with E-state index in [1.165, 1.54) is 6.07 Å². The van der Waals surface area contributed by atoms with Crippen LogP contribution in [0.1, 0.15) is 16.7 Å². The van der Waals surface area contributed by atoms with Gasteiger partial charge in [0.25, 0.3) is 0 Å². The predicted octanol–water partition coefficient (Wildman–Crippen LogP) is 5.92. The molecular weight excluding hydrogens is 512 g/mol. The molecule has 0 unspecified atom stereocenters. The van der Waals surface area contributed by atoms with Gasteiger partial charge in [0.05, 0.1) is 66.3 Å². The van der Waals surface area contributed by atoms with Gasteiger partial charge in [0, 0.05) is 43.9 Å². The highest BCUT2D eigenvalue weighted by Crippen LogP contribution is 2.40. The van der Waals surface area contributed by atoms with Gasteiger partial charge in [-0.1, -0.05) is 18.2 Å². The maximum Gasteiger partial charge on any atom is 0.152 e. The Morgan fingerprint density at radius 1 is 0.850 bits per heavy atom. The molecule has 2 saturated heterocycles. The molecule has 4 aromatic rings. The van der Waals surface area contributed by atoms with Crippen molar-refractivity contribution in [1.82, 2.24) is 9.97 Å². The van der Waals surface area contributed by atoms with Gasteiger partial charge in [-0.05, 0) is 43.5 Å². The van der Waals surface area contributed by atoms with Crippen LogP contribution in [0.15, 0.2) is 42.6 Å². The molecule has 2 fully saturated rings. The van der Waals surface area contributed by atoms with Crippen LogP contribution in [0.25, 0.3) is 22.2 Å². The summed E-state index contributed by atoms with van der Waals surface area (Å²) in [5, 5.41) is 3.81. The van der Waals surface area contributed by atoms with Crippen LogP contribution in [0.3, 0.4) is 0 Å². The van der Waals surface area contributed by atoms with Crippen LogP contribution in [-0.4, -0.2) is 62.6 Å². The minimum atomic E-state index is -0.663. The molecule has 0 saturated carbocycles. The Morgan fingerprint density at radius 3 is 2.27 bits per heavy atom. The van der Waals surface area contributed by atoms with Crippen LogP contribution < -0.4 is 15.1 Å². The number of hydrogen-bond acceptors (Lipinski definition) is 7. The Hall–Kier alpha value is -3.82. The molecule has 2 aliphatic rings. The van der Waals surface area contributed by atoms with E-state index in [1.807, 2.05) is 45.2 Å². The predicted molar refractivity (Wildman–Crippen MR) is 155 cm³/mol. The van der Waals surface area contributed by atoms with Crippen molar-refractivity contribution in [1.29, 1.82) is 0 Å². The number of rotatable bonds is 5. The third-order valence-corrected chi connectivity index (χ3v) is 7.91. The van der Waals surface area contributed by atoms with E-state index in [4.69, 9.17) is 19.4 Å². The Kier molecular flexibility index (Phi) is 7.25. The molecule has 7 nitrogen and oxygen atoms in total. The quantitative estimate of drug-likeness (QED) is 0.334. The zero-order chi connectivity index (χ0) is 27.8. The summed E-state index contributed by atoms with van der Waals surface area (Å²) in [6.45, 7) is 11.5. The first-order valence-corrected chi connectivity index (χ1v) is 13.7. The van der Waals surface area contributed by atoms with Gasteiger partial charge in [-0.25, -0.2) is 18.7 Å². The van der Waals surface area contributed by atoms with E-state index in [1.54, 1.807) is 0 Å².